The molecule has 2 aliphatic rings. The van der Waals surface area contributed by atoms with E-state index in [9.17, 15) is 9.59 Å². The number of fused-ring (bicyclic) bond motifs is 1. The van der Waals surface area contributed by atoms with E-state index in [0.717, 1.165) is 31.8 Å². The fraction of sp³-hybridized carbons (Fsp3) is 0.875. The number of carboxylic acid groups (broad SMARTS) is 1. The average Bonchev–Trinajstić information content (AvgIpc) is 2.50. The van der Waals surface area contributed by atoms with Crippen LogP contribution in [0.3, 0.4) is 0 Å². The van der Waals surface area contributed by atoms with E-state index in [4.69, 9.17) is 5.11 Å². The summed E-state index contributed by atoms with van der Waals surface area (Å²) >= 11 is 0. The second-order valence-corrected chi connectivity index (χ2v) is 6.60. The lowest BCUT2D eigenvalue weighted by Crippen LogP contribution is -2.49. The molecule has 2 rings (SSSR count). The summed E-state index contributed by atoms with van der Waals surface area (Å²) in [5.41, 5.74) is 0. The van der Waals surface area contributed by atoms with Gasteiger partial charge in [0, 0.05) is 26.1 Å². The van der Waals surface area contributed by atoms with Gasteiger partial charge in [0.05, 0.1) is 0 Å². The fourth-order valence-corrected chi connectivity index (χ4v) is 3.74. The summed E-state index contributed by atoms with van der Waals surface area (Å²) < 4.78 is 0. The minimum absolute atomic E-state index is 0.0112. The normalized spacial score (nSPS) is 26.8. The van der Waals surface area contributed by atoms with E-state index in [1.807, 2.05) is 11.8 Å². The van der Waals surface area contributed by atoms with Crippen molar-refractivity contribution < 1.29 is 14.7 Å². The van der Waals surface area contributed by atoms with Crippen LogP contribution in [0.1, 0.15) is 51.9 Å². The Kier molecular flexibility index (Phi) is 5.88. The lowest BCUT2D eigenvalue weighted by atomic mass is 9.75. The Bertz CT molecular complexity index is 373. The quantitative estimate of drug-likeness (QED) is 0.819. The lowest BCUT2D eigenvalue weighted by Gasteiger charge is -2.41. The molecule has 2 fully saturated rings. The molecule has 3 unspecified atom stereocenters. The van der Waals surface area contributed by atoms with Crippen molar-refractivity contribution in [3.63, 3.8) is 0 Å². The first-order chi connectivity index (χ1) is 10.1. The molecule has 1 aliphatic carbocycles. The van der Waals surface area contributed by atoms with Gasteiger partial charge >= 0.3 is 12.0 Å². The predicted molar refractivity (Wildman–Crippen MR) is 81.1 cm³/mol. The second-order valence-electron chi connectivity index (χ2n) is 6.60. The lowest BCUT2D eigenvalue weighted by molar-refractivity contribution is -0.138. The summed E-state index contributed by atoms with van der Waals surface area (Å²) in [4.78, 5) is 24.9. The Morgan fingerprint density at radius 3 is 2.62 bits per heavy atom. The summed E-state index contributed by atoms with van der Waals surface area (Å²) in [6.45, 7) is 4.16. The Morgan fingerprint density at radius 2 is 1.95 bits per heavy atom. The molecule has 0 aromatic heterocycles. The number of nitrogens with one attached hydrogen (secondary N) is 1. The summed E-state index contributed by atoms with van der Waals surface area (Å²) in [7, 11) is 0. The van der Waals surface area contributed by atoms with Crippen LogP contribution in [0.5, 0.6) is 0 Å². The van der Waals surface area contributed by atoms with Crippen LogP contribution >= 0.6 is 0 Å². The fourth-order valence-electron chi connectivity index (χ4n) is 3.74. The summed E-state index contributed by atoms with van der Waals surface area (Å²) in [6.07, 6.45) is 7.26. The molecule has 0 bridgehead atoms. The van der Waals surface area contributed by atoms with Gasteiger partial charge in [0.1, 0.15) is 0 Å². The van der Waals surface area contributed by atoms with Crippen LogP contribution in [-0.4, -0.2) is 41.6 Å². The monoisotopic (exact) mass is 296 g/mol. The zero-order chi connectivity index (χ0) is 15.2. The van der Waals surface area contributed by atoms with Crippen LogP contribution in [0.4, 0.5) is 4.79 Å². The molecule has 3 atom stereocenters. The van der Waals surface area contributed by atoms with Gasteiger partial charge in [-0.05, 0) is 30.6 Å². The molecule has 0 aromatic carbocycles. The minimum Gasteiger partial charge on any atom is -0.481 e. The summed E-state index contributed by atoms with van der Waals surface area (Å²) in [6, 6.07) is -0.0112. The van der Waals surface area contributed by atoms with Crippen molar-refractivity contribution >= 4 is 12.0 Å². The summed E-state index contributed by atoms with van der Waals surface area (Å²) in [5.74, 6) is 0.732. The van der Waals surface area contributed by atoms with Crippen molar-refractivity contribution in [1.82, 2.24) is 10.2 Å². The zero-order valence-electron chi connectivity index (χ0n) is 13.0. The smallest absolute Gasteiger partial charge is 0.317 e. The van der Waals surface area contributed by atoms with Gasteiger partial charge in [-0.3, -0.25) is 4.79 Å². The first-order valence-corrected chi connectivity index (χ1v) is 8.34. The average molecular weight is 296 g/mol. The number of amides is 2. The molecule has 1 saturated heterocycles. The van der Waals surface area contributed by atoms with Gasteiger partial charge in [0.15, 0.2) is 0 Å². The molecule has 2 N–H and O–H groups in total. The van der Waals surface area contributed by atoms with E-state index in [2.05, 4.69) is 5.32 Å². The van der Waals surface area contributed by atoms with Crippen molar-refractivity contribution in [2.45, 2.75) is 51.9 Å². The van der Waals surface area contributed by atoms with Gasteiger partial charge in [-0.25, -0.2) is 4.79 Å². The highest BCUT2D eigenvalue weighted by Crippen LogP contribution is 2.35. The van der Waals surface area contributed by atoms with E-state index in [1.54, 1.807) is 0 Å². The molecule has 1 heterocycles. The highest BCUT2D eigenvalue weighted by molar-refractivity contribution is 5.74. The van der Waals surface area contributed by atoms with Gasteiger partial charge < -0.3 is 15.3 Å². The number of rotatable bonds is 5. The van der Waals surface area contributed by atoms with Crippen molar-refractivity contribution in [1.29, 1.82) is 0 Å². The maximum absolute atomic E-state index is 12.2. The van der Waals surface area contributed by atoms with Crippen molar-refractivity contribution in [3.05, 3.63) is 0 Å². The molecule has 1 saturated carbocycles. The first-order valence-electron chi connectivity index (χ1n) is 8.34. The van der Waals surface area contributed by atoms with E-state index in [0.29, 0.717) is 12.5 Å². The predicted octanol–water partition coefficient (Wildman–Crippen LogP) is 2.71. The molecule has 5 nitrogen and oxygen atoms in total. The van der Waals surface area contributed by atoms with Crippen molar-refractivity contribution in [3.8, 4) is 0 Å². The summed E-state index contributed by atoms with van der Waals surface area (Å²) in [5, 5.41) is 11.8. The van der Waals surface area contributed by atoms with Crippen LogP contribution < -0.4 is 5.32 Å². The van der Waals surface area contributed by atoms with Crippen LogP contribution in [0.15, 0.2) is 0 Å². The molecule has 0 aromatic rings. The van der Waals surface area contributed by atoms with Gasteiger partial charge in [-0.15, -0.1) is 0 Å². The number of carbonyl (C=O) groups is 2. The number of carboxylic acids is 1. The number of urea groups is 1. The van der Waals surface area contributed by atoms with Crippen LogP contribution in [0.25, 0.3) is 0 Å². The Labute approximate surface area is 127 Å². The van der Waals surface area contributed by atoms with Gasteiger partial charge in [-0.2, -0.15) is 0 Å². The molecular weight excluding hydrogens is 268 g/mol. The zero-order valence-corrected chi connectivity index (χ0v) is 13.0. The van der Waals surface area contributed by atoms with E-state index in [1.165, 1.54) is 25.7 Å². The van der Waals surface area contributed by atoms with Crippen molar-refractivity contribution in [2.75, 3.05) is 19.6 Å². The van der Waals surface area contributed by atoms with Crippen molar-refractivity contribution in [2.24, 2.45) is 17.8 Å². The minimum atomic E-state index is -0.792. The third kappa shape index (κ3) is 4.61. The van der Waals surface area contributed by atoms with Crippen LogP contribution in [-0.2, 0) is 4.79 Å². The molecular formula is C16H28N2O3. The van der Waals surface area contributed by atoms with E-state index < -0.39 is 5.97 Å². The largest absolute Gasteiger partial charge is 0.481 e. The van der Waals surface area contributed by atoms with E-state index in [-0.39, 0.29) is 18.4 Å². The third-order valence-corrected chi connectivity index (χ3v) is 5.16. The maximum atomic E-state index is 12.2. The second kappa shape index (κ2) is 7.66. The highest BCUT2D eigenvalue weighted by Gasteiger charge is 2.32. The van der Waals surface area contributed by atoms with E-state index >= 15 is 0 Å². The van der Waals surface area contributed by atoms with Gasteiger partial charge in [0.25, 0.3) is 0 Å². The molecule has 2 amide bonds. The molecule has 0 spiro atoms. The number of likely N-dealkylation sites (tertiary alicyclic amines) is 1. The number of aliphatic carboxylic acids is 1. The Morgan fingerprint density at radius 1 is 1.24 bits per heavy atom. The molecule has 1 aliphatic heterocycles. The first kappa shape index (κ1) is 16.1. The molecule has 5 heteroatoms. The Balaban J connectivity index is 1.76. The Hall–Kier alpha value is -1.26. The number of carbonyl (C=O) groups excluding carboxylic acids is 1. The number of hydrogen-bond acceptors (Lipinski definition) is 2. The molecule has 120 valence electrons. The third-order valence-electron chi connectivity index (χ3n) is 5.16. The van der Waals surface area contributed by atoms with Crippen LogP contribution in [0.2, 0.25) is 0 Å². The number of piperidine rings is 1. The van der Waals surface area contributed by atoms with Gasteiger partial charge in [-0.1, -0.05) is 32.6 Å². The SMILES string of the molecule is CCC(CNC(=O)N1CCC2CCCCC2C1)CC(=O)O. The van der Waals surface area contributed by atoms with Crippen LogP contribution in [0, 0.1) is 17.8 Å². The molecule has 0 radical (unpaired) electrons. The number of hydrogen-bond donors (Lipinski definition) is 2. The topological polar surface area (TPSA) is 69.6 Å². The standard InChI is InChI=1S/C16H28N2O3/c1-2-12(9-15(19)20)10-17-16(21)18-8-7-13-5-3-4-6-14(13)11-18/h12-14H,2-11H2,1H3,(H,17,21)(H,19,20). The highest BCUT2D eigenvalue weighted by atomic mass is 16.4. The maximum Gasteiger partial charge on any atom is 0.317 e. The molecule has 21 heavy (non-hydrogen) atoms. The number of nitrogens with zero attached hydrogens (tertiary/aromatic N) is 1. The van der Waals surface area contributed by atoms with Gasteiger partial charge in [0.2, 0.25) is 0 Å².